The van der Waals surface area contributed by atoms with Gasteiger partial charge in [-0.05, 0) is 37.8 Å². The van der Waals surface area contributed by atoms with Gasteiger partial charge in [0.1, 0.15) is 0 Å². The summed E-state index contributed by atoms with van der Waals surface area (Å²) in [5.74, 6) is 0.745. The number of hydrogen-bond donors (Lipinski definition) is 1. The molecular formula is C19H19N3. The topological polar surface area (TPSA) is 29.3 Å². The lowest BCUT2D eigenvalue weighted by molar-refractivity contribution is 0.637. The Kier molecular flexibility index (Phi) is 2.43. The van der Waals surface area contributed by atoms with E-state index in [0.29, 0.717) is 6.04 Å². The van der Waals surface area contributed by atoms with E-state index in [4.69, 9.17) is 4.99 Å². The number of rotatable bonds is 2. The second-order valence-electron chi connectivity index (χ2n) is 6.39. The fraction of sp³-hybridized carbons (Fsp3) is 0.316. The molecule has 3 nitrogen and oxygen atoms in total. The van der Waals surface area contributed by atoms with E-state index in [1.54, 1.807) is 0 Å². The fourth-order valence-electron chi connectivity index (χ4n) is 3.95. The largest absolute Gasteiger partial charge is 0.346 e. The Morgan fingerprint density at radius 2 is 2.00 bits per heavy atom. The second kappa shape index (κ2) is 4.35. The second-order valence-corrected chi connectivity index (χ2v) is 6.39. The Balaban J connectivity index is 1.89. The molecule has 0 radical (unpaired) electrons. The molecule has 2 aromatic carbocycles. The summed E-state index contributed by atoms with van der Waals surface area (Å²) in [6, 6.07) is 13.7. The van der Waals surface area contributed by atoms with Gasteiger partial charge < -0.3 is 9.88 Å². The zero-order valence-corrected chi connectivity index (χ0v) is 12.7. The maximum atomic E-state index is 4.70. The van der Waals surface area contributed by atoms with Crippen LogP contribution in [0.5, 0.6) is 0 Å². The summed E-state index contributed by atoms with van der Waals surface area (Å²) in [4.78, 5) is 4.70. The van der Waals surface area contributed by atoms with Crippen LogP contribution in [0.25, 0.3) is 21.8 Å². The van der Waals surface area contributed by atoms with Crippen molar-refractivity contribution in [3.8, 4) is 0 Å². The maximum absolute atomic E-state index is 4.70. The Hall–Kier alpha value is -2.29. The molecule has 0 bridgehead atoms. The number of aryl methyl sites for hydroxylation is 1. The zero-order valence-electron chi connectivity index (χ0n) is 12.7. The summed E-state index contributed by atoms with van der Waals surface area (Å²) < 4.78 is 2.41. The minimum absolute atomic E-state index is 0.351. The number of fused-ring (bicyclic) bond motifs is 5. The Morgan fingerprint density at radius 1 is 1.14 bits per heavy atom. The number of para-hydroxylation sites is 1. The molecule has 1 aliphatic carbocycles. The van der Waals surface area contributed by atoms with Crippen molar-refractivity contribution >= 4 is 33.8 Å². The molecule has 3 aromatic rings. The van der Waals surface area contributed by atoms with Gasteiger partial charge in [0.2, 0.25) is 0 Å². The van der Waals surface area contributed by atoms with Gasteiger partial charge in [-0.1, -0.05) is 24.3 Å². The highest BCUT2D eigenvalue weighted by molar-refractivity contribution is 6.16. The number of aliphatic imine (C=N–C) groups is 1. The first kappa shape index (κ1) is 12.3. The molecule has 1 N–H and O–H groups in total. The van der Waals surface area contributed by atoms with E-state index in [1.807, 2.05) is 6.34 Å². The minimum atomic E-state index is 0.351. The molecule has 1 fully saturated rings. The average molecular weight is 289 g/mol. The predicted octanol–water partition coefficient (Wildman–Crippen LogP) is 4.72. The monoisotopic (exact) mass is 289 g/mol. The van der Waals surface area contributed by atoms with Crippen molar-refractivity contribution < 1.29 is 0 Å². The van der Waals surface area contributed by atoms with Crippen LogP contribution < -0.4 is 5.32 Å². The van der Waals surface area contributed by atoms with Crippen LogP contribution in [0.15, 0.2) is 41.4 Å². The number of aromatic nitrogens is 1. The van der Waals surface area contributed by atoms with E-state index in [0.717, 1.165) is 12.5 Å². The zero-order chi connectivity index (χ0) is 14.7. The van der Waals surface area contributed by atoms with Crippen LogP contribution in [0.1, 0.15) is 31.4 Å². The molecule has 0 amide bonds. The third kappa shape index (κ3) is 1.54. The number of benzene rings is 2. The Morgan fingerprint density at radius 3 is 2.82 bits per heavy atom. The van der Waals surface area contributed by atoms with Crippen molar-refractivity contribution in [3.63, 3.8) is 0 Å². The molecule has 1 atom stereocenters. The molecule has 0 saturated heterocycles. The summed E-state index contributed by atoms with van der Waals surface area (Å²) in [5, 5.41) is 6.14. The average Bonchev–Trinajstić information content (AvgIpc) is 3.35. The smallest absolute Gasteiger partial charge is 0.0875 e. The normalized spacial score (nSPS) is 20.3. The fourth-order valence-corrected chi connectivity index (χ4v) is 3.95. The summed E-state index contributed by atoms with van der Waals surface area (Å²) in [5.41, 5.74) is 5.28. The molecule has 22 heavy (non-hydrogen) atoms. The van der Waals surface area contributed by atoms with Gasteiger partial charge >= 0.3 is 0 Å². The van der Waals surface area contributed by atoms with Crippen LogP contribution in [0, 0.1) is 5.92 Å². The molecule has 1 aliphatic heterocycles. The maximum Gasteiger partial charge on any atom is 0.0875 e. The highest BCUT2D eigenvalue weighted by atomic mass is 15.0. The summed E-state index contributed by atoms with van der Waals surface area (Å²) in [6.45, 7) is 3.20. The van der Waals surface area contributed by atoms with Crippen LogP contribution in [0.3, 0.4) is 0 Å². The molecule has 3 heteroatoms. The van der Waals surface area contributed by atoms with Crippen LogP contribution in [-0.4, -0.2) is 10.9 Å². The summed E-state index contributed by atoms with van der Waals surface area (Å²) in [6.07, 6.45) is 4.54. The van der Waals surface area contributed by atoms with Crippen LogP contribution in [-0.2, 0) is 6.54 Å². The number of hydrogen-bond acceptors (Lipinski definition) is 2. The number of nitrogens with one attached hydrogen (secondary N) is 1. The van der Waals surface area contributed by atoms with Gasteiger partial charge in [-0.15, -0.1) is 0 Å². The Labute approximate surface area is 129 Å². The van der Waals surface area contributed by atoms with E-state index < -0.39 is 0 Å². The van der Waals surface area contributed by atoms with Gasteiger partial charge in [-0.25, -0.2) is 0 Å². The van der Waals surface area contributed by atoms with Crippen molar-refractivity contribution in [1.82, 2.24) is 4.57 Å². The van der Waals surface area contributed by atoms with E-state index in [9.17, 15) is 0 Å². The lowest BCUT2D eigenvalue weighted by atomic mass is 9.96. The third-order valence-electron chi connectivity index (χ3n) is 5.12. The van der Waals surface area contributed by atoms with Gasteiger partial charge in [-0.3, -0.25) is 4.99 Å². The van der Waals surface area contributed by atoms with Crippen molar-refractivity contribution in [2.75, 3.05) is 5.32 Å². The Bertz CT molecular complexity index is 915. The summed E-state index contributed by atoms with van der Waals surface area (Å²) in [7, 11) is 0. The molecule has 5 rings (SSSR count). The van der Waals surface area contributed by atoms with Crippen molar-refractivity contribution in [3.05, 3.63) is 42.0 Å². The number of nitrogens with zero attached hydrogens (tertiary/aromatic N) is 2. The predicted molar refractivity (Wildman–Crippen MR) is 92.7 cm³/mol. The first-order chi connectivity index (χ1) is 10.9. The molecular weight excluding hydrogens is 270 g/mol. The van der Waals surface area contributed by atoms with Gasteiger partial charge in [0.25, 0.3) is 0 Å². The van der Waals surface area contributed by atoms with Crippen molar-refractivity contribution in [2.45, 2.75) is 32.4 Å². The van der Waals surface area contributed by atoms with Crippen LogP contribution in [0.4, 0.5) is 5.69 Å². The van der Waals surface area contributed by atoms with Gasteiger partial charge in [0, 0.05) is 28.4 Å². The van der Waals surface area contributed by atoms with Crippen molar-refractivity contribution in [2.24, 2.45) is 10.9 Å². The standard InChI is InChI=1S/C19H19N3/c1-2-22-15-6-4-3-5-13(15)17-16(22)10-9-14-18(12-7-8-12)20-11-21-19(14)17/h3-6,9-12,18H,2,7-8H2,1H3,(H,20,21). The van der Waals surface area contributed by atoms with Crippen LogP contribution >= 0.6 is 0 Å². The van der Waals surface area contributed by atoms with E-state index in [-0.39, 0.29) is 0 Å². The SMILES string of the molecule is CCn1c2ccccc2c2c3c(ccc21)C(C1CC1)N=CN3. The highest BCUT2D eigenvalue weighted by Gasteiger charge is 2.35. The highest BCUT2D eigenvalue weighted by Crippen LogP contribution is 2.49. The van der Waals surface area contributed by atoms with Crippen LogP contribution in [0.2, 0.25) is 0 Å². The van der Waals surface area contributed by atoms with E-state index in [1.165, 1.54) is 45.9 Å². The van der Waals surface area contributed by atoms with E-state index in [2.05, 4.69) is 53.2 Å². The molecule has 1 saturated carbocycles. The first-order valence-electron chi connectivity index (χ1n) is 8.20. The minimum Gasteiger partial charge on any atom is -0.346 e. The van der Waals surface area contributed by atoms with E-state index >= 15 is 0 Å². The quantitative estimate of drug-likeness (QED) is 0.726. The molecule has 1 unspecified atom stereocenters. The van der Waals surface area contributed by atoms with Gasteiger partial charge in [0.15, 0.2) is 0 Å². The third-order valence-corrected chi connectivity index (χ3v) is 5.12. The molecule has 2 aliphatic rings. The lowest BCUT2D eigenvalue weighted by Gasteiger charge is -2.22. The molecule has 110 valence electrons. The lowest BCUT2D eigenvalue weighted by Crippen LogP contribution is -2.12. The van der Waals surface area contributed by atoms with Gasteiger partial charge in [0.05, 0.1) is 23.6 Å². The molecule has 0 spiro atoms. The molecule has 2 heterocycles. The first-order valence-corrected chi connectivity index (χ1v) is 8.20. The number of anilines is 1. The van der Waals surface area contributed by atoms with Gasteiger partial charge in [-0.2, -0.15) is 0 Å². The molecule has 1 aromatic heterocycles. The van der Waals surface area contributed by atoms with Crippen molar-refractivity contribution in [1.29, 1.82) is 0 Å². The summed E-state index contributed by atoms with van der Waals surface area (Å²) >= 11 is 0.